The van der Waals surface area contributed by atoms with Crippen molar-refractivity contribution in [2.75, 3.05) is 7.05 Å². The largest absolute Gasteiger partial charge is 0.416 e. The lowest BCUT2D eigenvalue weighted by Gasteiger charge is -2.34. The first-order chi connectivity index (χ1) is 12.8. The van der Waals surface area contributed by atoms with Crippen LogP contribution in [0.2, 0.25) is 0 Å². The maximum Gasteiger partial charge on any atom is 0.416 e. The number of nitrogens with zero attached hydrogens (tertiary/aromatic N) is 1. The van der Waals surface area contributed by atoms with Crippen LogP contribution in [0.4, 0.5) is 13.2 Å². The summed E-state index contributed by atoms with van der Waals surface area (Å²) in [5.74, 6) is 0. The Morgan fingerprint density at radius 2 is 1.59 bits per heavy atom. The van der Waals surface area contributed by atoms with Gasteiger partial charge in [-0.15, -0.1) is 0 Å². The molecule has 0 aliphatic rings. The quantitative estimate of drug-likeness (QED) is 0.675. The van der Waals surface area contributed by atoms with Gasteiger partial charge in [-0.05, 0) is 48.9 Å². The van der Waals surface area contributed by atoms with Gasteiger partial charge in [-0.1, -0.05) is 48.5 Å². The summed E-state index contributed by atoms with van der Waals surface area (Å²) in [6.45, 7) is 1.93. The molecule has 2 aromatic carbocycles. The molecule has 3 rings (SSSR count). The average Bonchev–Trinajstić information content (AvgIpc) is 2.67. The van der Waals surface area contributed by atoms with Crippen LogP contribution in [-0.2, 0) is 18.1 Å². The molecule has 1 heterocycles. The van der Waals surface area contributed by atoms with Crippen LogP contribution in [0.1, 0.15) is 27.9 Å². The second-order valence-corrected chi connectivity index (χ2v) is 6.62. The molecule has 3 aromatic rings. The predicted octanol–water partition coefficient (Wildman–Crippen LogP) is 5.11. The fourth-order valence-electron chi connectivity index (χ4n) is 3.28. The van der Waals surface area contributed by atoms with Gasteiger partial charge >= 0.3 is 6.18 Å². The summed E-state index contributed by atoms with van der Waals surface area (Å²) in [4.78, 5) is 4.54. The van der Waals surface area contributed by atoms with E-state index in [1.807, 2.05) is 49.4 Å². The van der Waals surface area contributed by atoms with Gasteiger partial charge in [-0.25, -0.2) is 0 Å². The molecule has 1 unspecified atom stereocenters. The van der Waals surface area contributed by atoms with Crippen LogP contribution in [0.15, 0.2) is 72.9 Å². The number of hydrogen-bond acceptors (Lipinski definition) is 2. The minimum atomic E-state index is -4.40. The summed E-state index contributed by atoms with van der Waals surface area (Å²) in [5.41, 5.74) is 1.66. The molecular formula is C22H21F3N2. The molecule has 5 heteroatoms. The Morgan fingerprint density at radius 3 is 2.19 bits per heavy atom. The normalized spacial score (nSPS) is 14.0. The highest BCUT2D eigenvalue weighted by Crippen LogP contribution is 2.36. The molecule has 0 saturated heterocycles. The lowest BCUT2D eigenvalue weighted by atomic mass is 9.80. The maximum atomic E-state index is 13.3. The molecule has 1 atom stereocenters. The van der Waals surface area contributed by atoms with Gasteiger partial charge in [0.1, 0.15) is 0 Å². The van der Waals surface area contributed by atoms with Gasteiger partial charge in [0.2, 0.25) is 0 Å². The number of alkyl halides is 3. The van der Waals surface area contributed by atoms with Crippen molar-refractivity contribution in [3.63, 3.8) is 0 Å². The molecule has 0 amide bonds. The fraction of sp³-hybridized carbons (Fsp3) is 0.227. The van der Waals surface area contributed by atoms with Crippen molar-refractivity contribution in [2.24, 2.45) is 0 Å². The van der Waals surface area contributed by atoms with Gasteiger partial charge in [0, 0.05) is 12.6 Å². The maximum absolute atomic E-state index is 13.3. The molecule has 0 fully saturated rings. The highest BCUT2D eigenvalue weighted by atomic mass is 19.4. The zero-order valence-electron chi connectivity index (χ0n) is 15.2. The first-order valence-corrected chi connectivity index (χ1v) is 8.69. The van der Waals surface area contributed by atoms with Crippen LogP contribution in [0.25, 0.3) is 0 Å². The summed E-state index contributed by atoms with van der Waals surface area (Å²) in [6, 6.07) is 19.0. The van der Waals surface area contributed by atoms with Crippen molar-refractivity contribution in [3.05, 3.63) is 101 Å². The van der Waals surface area contributed by atoms with Crippen molar-refractivity contribution in [3.8, 4) is 0 Å². The van der Waals surface area contributed by atoms with Crippen LogP contribution in [0, 0.1) is 6.92 Å². The van der Waals surface area contributed by atoms with E-state index in [4.69, 9.17) is 0 Å². The van der Waals surface area contributed by atoms with E-state index in [0.717, 1.165) is 17.2 Å². The summed E-state index contributed by atoms with van der Waals surface area (Å²) >= 11 is 0. The second kappa shape index (κ2) is 7.53. The summed E-state index contributed by atoms with van der Waals surface area (Å²) in [7, 11) is 1.75. The zero-order chi connectivity index (χ0) is 19.5. The van der Waals surface area contributed by atoms with Crippen LogP contribution < -0.4 is 5.32 Å². The van der Waals surface area contributed by atoms with Crippen LogP contribution in [-0.4, -0.2) is 12.0 Å². The number of aromatic nitrogens is 1. The van der Waals surface area contributed by atoms with E-state index in [1.54, 1.807) is 19.3 Å². The molecule has 0 radical (unpaired) electrons. The van der Waals surface area contributed by atoms with E-state index >= 15 is 0 Å². The second-order valence-electron chi connectivity index (χ2n) is 6.62. The number of aryl methyl sites for hydroxylation is 1. The number of halogens is 3. The molecule has 0 saturated carbocycles. The lowest BCUT2D eigenvalue weighted by Crippen LogP contribution is -2.44. The van der Waals surface area contributed by atoms with Crippen molar-refractivity contribution >= 4 is 0 Å². The Labute approximate surface area is 157 Å². The molecule has 1 aromatic heterocycles. The SMILES string of the molecule is CNC(Cc1ccccc1)(c1cccc(C(F)(F)F)c1)c1ccc(C)cn1. The van der Waals surface area contributed by atoms with Crippen LogP contribution >= 0.6 is 0 Å². The van der Waals surface area contributed by atoms with Crippen molar-refractivity contribution in [1.82, 2.24) is 10.3 Å². The summed E-state index contributed by atoms with van der Waals surface area (Å²) < 4.78 is 39.9. The number of pyridine rings is 1. The lowest BCUT2D eigenvalue weighted by molar-refractivity contribution is -0.137. The molecule has 0 aliphatic carbocycles. The van der Waals surface area contributed by atoms with E-state index in [2.05, 4.69) is 10.3 Å². The standard InChI is InChI=1S/C22H21F3N2/c1-16-11-12-20(27-15-16)21(26-2,14-17-7-4-3-5-8-17)18-9-6-10-19(13-18)22(23,24)25/h3-13,15,26H,14H2,1-2H3. The van der Waals surface area contributed by atoms with Gasteiger partial charge in [0.05, 0.1) is 16.8 Å². The molecule has 140 valence electrons. The number of rotatable bonds is 5. The molecule has 27 heavy (non-hydrogen) atoms. The predicted molar refractivity (Wildman–Crippen MR) is 100 cm³/mol. The molecule has 1 N–H and O–H groups in total. The van der Waals surface area contributed by atoms with Gasteiger partial charge in [0.25, 0.3) is 0 Å². The molecule has 0 aliphatic heterocycles. The van der Waals surface area contributed by atoms with Crippen LogP contribution in [0.3, 0.4) is 0 Å². The number of likely N-dealkylation sites (N-methyl/N-ethyl adjacent to an activating group) is 1. The molecule has 0 spiro atoms. The summed E-state index contributed by atoms with van der Waals surface area (Å²) in [5, 5.41) is 3.26. The fourth-order valence-corrected chi connectivity index (χ4v) is 3.28. The zero-order valence-corrected chi connectivity index (χ0v) is 15.2. The van der Waals surface area contributed by atoms with Gasteiger partial charge in [-0.2, -0.15) is 13.2 Å². The molecule has 2 nitrogen and oxygen atoms in total. The van der Waals surface area contributed by atoms with E-state index < -0.39 is 17.3 Å². The highest BCUT2D eigenvalue weighted by Gasteiger charge is 2.37. The molecule has 0 bridgehead atoms. The van der Waals surface area contributed by atoms with E-state index in [0.29, 0.717) is 17.7 Å². The van der Waals surface area contributed by atoms with Gasteiger partial charge in [0.15, 0.2) is 0 Å². The van der Waals surface area contributed by atoms with Gasteiger partial charge in [-0.3, -0.25) is 4.98 Å². The number of nitrogens with one attached hydrogen (secondary N) is 1. The van der Waals surface area contributed by atoms with Crippen LogP contribution in [0.5, 0.6) is 0 Å². The van der Waals surface area contributed by atoms with E-state index in [-0.39, 0.29) is 0 Å². The average molecular weight is 370 g/mol. The Morgan fingerprint density at radius 1 is 0.889 bits per heavy atom. The first kappa shape index (κ1) is 19.1. The number of benzene rings is 2. The monoisotopic (exact) mass is 370 g/mol. The third-order valence-electron chi connectivity index (χ3n) is 4.77. The third kappa shape index (κ3) is 4.03. The Balaban J connectivity index is 2.19. The molecular weight excluding hydrogens is 349 g/mol. The smallest absolute Gasteiger partial charge is 0.305 e. The van der Waals surface area contributed by atoms with E-state index in [9.17, 15) is 13.2 Å². The number of hydrogen-bond donors (Lipinski definition) is 1. The van der Waals surface area contributed by atoms with Crippen molar-refractivity contribution < 1.29 is 13.2 Å². The minimum absolute atomic E-state index is 0.474. The topological polar surface area (TPSA) is 24.9 Å². The Hall–Kier alpha value is -2.66. The summed E-state index contributed by atoms with van der Waals surface area (Å²) in [6.07, 6.45) is -2.19. The third-order valence-corrected chi connectivity index (χ3v) is 4.77. The van der Waals surface area contributed by atoms with Crippen molar-refractivity contribution in [1.29, 1.82) is 0 Å². The van der Waals surface area contributed by atoms with Crippen molar-refractivity contribution in [2.45, 2.75) is 25.1 Å². The first-order valence-electron chi connectivity index (χ1n) is 8.69. The van der Waals surface area contributed by atoms with Gasteiger partial charge < -0.3 is 5.32 Å². The highest BCUT2D eigenvalue weighted by molar-refractivity contribution is 5.41. The minimum Gasteiger partial charge on any atom is -0.305 e. The van der Waals surface area contributed by atoms with E-state index in [1.165, 1.54) is 12.1 Å². The Kier molecular flexibility index (Phi) is 5.33. The Bertz CT molecular complexity index is 889.